The Kier molecular flexibility index (Phi) is 6.93. The van der Waals surface area contributed by atoms with Gasteiger partial charge in [0, 0.05) is 13.1 Å². The molecule has 0 radical (unpaired) electrons. The highest BCUT2D eigenvalue weighted by atomic mass is 16.5. The first-order chi connectivity index (χ1) is 9.97. The van der Waals surface area contributed by atoms with E-state index in [2.05, 4.69) is 15.4 Å². The maximum atomic E-state index is 12.1. The second-order valence-corrected chi connectivity index (χ2v) is 5.13. The van der Waals surface area contributed by atoms with E-state index < -0.39 is 24.0 Å². The number of hydrogen-bond acceptors (Lipinski definition) is 5. The number of carboxylic acids is 1. The average Bonchev–Trinajstić information content (AvgIpc) is 2.46. The molecular weight excluding hydrogens is 278 g/mol. The Balaban J connectivity index is 2.56. The molecule has 0 aliphatic carbocycles. The van der Waals surface area contributed by atoms with Crippen LogP contribution in [0.5, 0.6) is 0 Å². The van der Waals surface area contributed by atoms with Crippen LogP contribution in [0.25, 0.3) is 0 Å². The Morgan fingerprint density at radius 3 is 2.71 bits per heavy atom. The highest BCUT2D eigenvalue weighted by Gasteiger charge is 2.28. The van der Waals surface area contributed by atoms with Crippen molar-refractivity contribution in [1.29, 1.82) is 0 Å². The van der Waals surface area contributed by atoms with E-state index in [9.17, 15) is 14.4 Å². The molecule has 1 aliphatic rings. The number of nitrogens with zero attached hydrogens (tertiary/aromatic N) is 1. The lowest BCUT2D eigenvalue weighted by atomic mass is 9.98. The average molecular weight is 301 g/mol. The van der Waals surface area contributed by atoms with Crippen LogP contribution in [0.2, 0.25) is 0 Å². The van der Waals surface area contributed by atoms with Gasteiger partial charge in [-0.1, -0.05) is 0 Å². The Morgan fingerprint density at radius 2 is 2.14 bits per heavy atom. The molecule has 0 aromatic rings. The molecule has 0 aromatic carbocycles. The number of nitrogens with one attached hydrogen (secondary N) is 2. The van der Waals surface area contributed by atoms with Crippen molar-refractivity contribution in [1.82, 2.24) is 15.5 Å². The predicted molar refractivity (Wildman–Crippen MR) is 74.8 cm³/mol. The number of likely N-dealkylation sites (tertiary alicyclic amines) is 1. The number of aliphatic carboxylic acids is 1. The van der Waals surface area contributed by atoms with E-state index in [1.165, 1.54) is 7.11 Å². The molecule has 2 atom stereocenters. The van der Waals surface area contributed by atoms with E-state index in [1.54, 1.807) is 4.90 Å². The molecule has 8 heteroatoms. The third-order valence-corrected chi connectivity index (χ3v) is 3.49. The molecule has 1 aliphatic heterocycles. The maximum absolute atomic E-state index is 12.1. The van der Waals surface area contributed by atoms with Gasteiger partial charge in [-0.2, -0.15) is 0 Å². The SMILES string of the molecule is CNCC1CCCN(C(=O)N[C@@H](CC(=O)OC)C(=O)O)C1. The highest BCUT2D eigenvalue weighted by molar-refractivity contribution is 5.86. The van der Waals surface area contributed by atoms with E-state index in [1.807, 2.05) is 7.05 Å². The summed E-state index contributed by atoms with van der Waals surface area (Å²) in [7, 11) is 3.03. The Hall–Kier alpha value is -1.83. The van der Waals surface area contributed by atoms with E-state index >= 15 is 0 Å². The zero-order valence-corrected chi connectivity index (χ0v) is 12.4. The monoisotopic (exact) mass is 301 g/mol. The molecule has 21 heavy (non-hydrogen) atoms. The van der Waals surface area contributed by atoms with Gasteiger partial charge in [-0.25, -0.2) is 9.59 Å². The van der Waals surface area contributed by atoms with Crippen molar-refractivity contribution in [2.75, 3.05) is 33.8 Å². The minimum absolute atomic E-state index is 0.360. The molecular formula is C13H23N3O5. The van der Waals surface area contributed by atoms with E-state index in [4.69, 9.17) is 5.11 Å². The number of rotatable bonds is 6. The maximum Gasteiger partial charge on any atom is 0.326 e. The van der Waals surface area contributed by atoms with Gasteiger partial charge >= 0.3 is 18.0 Å². The largest absolute Gasteiger partial charge is 0.480 e. The van der Waals surface area contributed by atoms with Crippen LogP contribution in [-0.4, -0.2) is 67.8 Å². The van der Waals surface area contributed by atoms with Gasteiger partial charge in [0.05, 0.1) is 13.5 Å². The highest BCUT2D eigenvalue weighted by Crippen LogP contribution is 2.15. The fourth-order valence-corrected chi connectivity index (χ4v) is 2.40. The van der Waals surface area contributed by atoms with Gasteiger partial charge in [0.25, 0.3) is 0 Å². The van der Waals surface area contributed by atoms with Gasteiger partial charge in [-0.3, -0.25) is 4.79 Å². The van der Waals surface area contributed by atoms with Crippen molar-refractivity contribution < 1.29 is 24.2 Å². The van der Waals surface area contributed by atoms with Gasteiger partial charge < -0.3 is 25.4 Å². The molecule has 1 unspecified atom stereocenters. The minimum atomic E-state index is -1.27. The molecule has 2 amide bonds. The number of piperidine rings is 1. The smallest absolute Gasteiger partial charge is 0.326 e. The fourth-order valence-electron chi connectivity index (χ4n) is 2.40. The van der Waals surface area contributed by atoms with Crippen LogP contribution in [0, 0.1) is 5.92 Å². The zero-order valence-electron chi connectivity index (χ0n) is 12.4. The summed E-state index contributed by atoms with van der Waals surface area (Å²) in [5.74, 6) is -1.56. The number of carbonyl (C=O) groups excluding carboxylic acids is 2. The molecule has 1 fully saturated rings. The molecule has 0 bridgehead atoms. The summed E-state index contributed by atoms with van der Waals surface area (Å²) in [6.07, 6.45) is 1.54. The summed E-state index contributed by atoms with van der Waals surface area (Å²) in [6, 6.07) is -1.72. The van der Waals surface area contributed by atoms with Gasteiger partial charge in [-0.05, 0) is 32.4 Å². The molecule has 0 saturated carbocycles. The Labute approximate surface area is 123 Å². The first-order valence-electron chi connectivity index (χ1n) is 6.97. The van der Waals surface area contributed by atoms with Crippen molar-refractivity contribution in [2.45, 2.75) is 25.3 Å². The zero-order chi connectivity index (χ0) is 15.8. The number of methoxy groups -OCH3 is 1. The molecule has 8 nitrogen and oxygen atoms in total. The lowest BCUT2D eigenvalue weighted by Crippen LogP contribution is -2.52. The Bertz CT molecular complexity index is 386. The Morgan fingerprint density at radius 1 is 1.43 bits per heavy atom. The first kappa shape index (κ1) is 17.2. The molecule has 1 saturated heterocycles. The van der Waals surface area contributed by atoms with E-state index in [0.717, 1.165) is 19.4 Å². The topological polar surface area (TPSA) is 108 Å². The normalized spacial score (nSPS) is 19.7. The number of carboxylic acid groups (broad SMARTS) is 1. The van der Waals surface area contributed by atoms with Crippen molar-refractivity contribution in [3.8, 4) is 0 Å². The lowest BCUT2D eigenvalue weighted by Gasteiger charge is -2.33. The van der Waals surface area contributed by atoms with Crippen LogP contribution in [0.1, 0.15) is 19.3 Å². The van der Waals surface area contributed by atoms with E-state index in [-0.39, 0.29) is 6.42 Å². The minimum Gasteiger partial charge on any atom is -0.480 e. The van der Waals surface area contributed by atoms with Crippen molar-refractivity contribution in [3.05, 3.63) is 0 Å². The van der Waals surface area contributed by atoms with Crippen LogP contribution in [-0.2, 0) is 14.3 Å². The summed E-state index contributed by atoms with van der Waals surface area (Å²) < 4.78 is 4.43. The van der Waals surface area contributed by atoms with Crippen LogP contribution in [0.4, 0.5) is 4.79 Å². The van der Waals surface area contributed by atoms with Crippen molar-refractivity contribution in [2.24, 2.45) is 5.92 Å². The molecule has 3 N–H and O–H groups in total. The van der Waals surface area contributed by atoms with Gasteiger partial charge in [0.15, 0.2) is 0 Å². The summed E-state index contributed by atoms with van der Waals surface area (Å²) in [6.45, 7) is 1.99. The summed E-state index contributed by atoms with van der Waals surface area (Å²) in [4.78, 5) is 36.0. The number of esters is 1. The number of amides is 2. The molecule has 0 aromatic heterocycles. The van der Waals surface area contributed by atoms with Gasteiger partial charge in [-0.15, -0.1) is 0 Å². The number of hydrogen-bond donors (Lipinski definition) is 3. The van der Waals surface area contributed by atoms with Gasteiger partial charge in [0.1, 0.15) is 6.04 Å². The molecule has 0 spiro atoms. The standard InChI is InChI=1S/C13H23N3O5/c1-14-7-9-4-3-5-16(8-9)13(20)15-10(12(18)19)6-11(17)21-2/h9-10,14H,3-8H2,1-2H3,(H,15,20)(H,18,19)/t9?,10-/m0/s1. The van der Waals surface area contributed by atoms with Crippen molar-refractivity contribution >= 4 is 18.0 Å². The summed E-state index contributed by atoms with van der Waals surface area (Å²) in [5, 5.41) is 14.5. The number of carbonyl (C=O) groups is 3. The predicted octanol–water partition coefficient (Wildman–Crippen LogP) is -0.356. The van der Waals surface area contributed by atoms with Gasteiger partial charge in [0.2, 0.25) is 0 Å². The fraction of sp³-hybridized carbons (Fsp3) is 0.769. The van der Waals surface area contributed by atoms with Crippen LogP contribution in [0.3, 0.4) is 0 Å². The summed E-state index contributed by atoms with van der Waals surface area (Å²) >= 11 is 0. The van der Waals surface area contributed by atoms with E-state index in [0.29, 0.717) is 19.0 Å². The second-order valence-electron chi connectivity index (χ2n) is 5.13. The molecule has 1 heterocycles. The lowest BCUT2D eigenvalue weighted by molar-refractivity contribution is -0.147. The van der Waals surface area contributed by atoms with Crippen LogP contribution in [0.15, 0.2) is 0 Å². The van der Waals surface area contributed by atoms with Crippen LogP contribution >= 0.6 is 0 Å². The first-order valence-corrected chi connectivity index (χ1v) is 6.97. The van der Waals surface area contributed by atoms with Crippen LogP contribution < -0.4 is 10.6 Å². The quantitative estimate of drug-likeness (QED) is 0.578. The third kappa shape index (κ3) is 5.58. The third-order valence-electron chi connectivity index (χ3n) is 3.49. The second kappa shape index (κ2) is 8.46. The number of urea groups is 1. The molecule has 1 rings (SSSR count). The number of ether oxygens (including phenoxy) is 1. The molecule has 120 valence electrons. The van der Waals surface area contributed by atoms with Crippen molar-refractivity contribution in [3.63, 3.8) is 0 Å². The summed E-state index contributed by atoms with van der Waals surface area (Å²) in [5.41, 5.74) is 0.